The maximum absolute atomic E-state index is 12.3. The molecule has 0 amide bonds. The molecule has 0 spiro atoms. The van der Waals surface area contributed by atoms with Crippen LogP contribution in [0, 0.1) is 11.8 Å². The van der Waals surface area contributed by atoms with Gasteiger partial charge in [-0.2, -0.15) is 13.2 Å². The first-order valence-corrected chi connectivity index (χ1v) is 10.4. The smallest absolute Gasteiger partial charge is 0.390 e. The van der Waals surface area contributed by atoms with Gasteiger partial charge in [0.15, 0.2) is 6.10 Å². The molecule has 0 bridgehead atoms. The van der Waals surface area contributed by atoms with Gasteiger partial charge in [0.25, 0.3) is 0 Å². The second kappa shape index (κ2) is 9.98. The first-order chi connectivity index (χ1) is 14.3. The number of carboxylic acid groups (broad SMARTS) is 1. The van der Waals surface area contributed by atoms with E-state index in [1.54, 1.807) is 6.92 Å². The lowest BCUT2D eigenvalue weighted by Crippen LogP contribution is -2.34. The number of fused-ring (bicyclic) bond motifs is 1. The highest BCUT2D eigenvalue weighted by molar-refractivity contribution is 5.72. The molecule has 3 atom stereocenters. The Morgan fingerprint density at radius 3 is 2.50 bits per heavy atom. The van der Waals surface area contributed by atoms with Crippen molar-refractivity contribution in [1.82, 2.24) is 10.2 Å². The first kappa shape index (κ1) is 22.8. The number of likely N-dealkylation sites (tertiary alicyclic amines) is 1. The van der Waals surface area contributed by atoms with Crippen LogP contribution in [0.5, 0.6) is 5.75 Å². The molecule has 1 aliphatic carbocycles. The summed E-state index contributed by atoms with van der Waals surface area (Å²) in [6, 6.07) is 7.66. The number of piperidine rings is 1. The minimum Gasteiger partial charge on any atom is -0.492 e. The van der Waals surface area contributed by atoms with Crippen LogP contribution in [0.1, 0.15) is 18.9 Å². The molecule has 9 heteroatoms. The number of hydrogen-bond acceptors (Lipinski definition) is 5. The number of hydrogen-bond donors (Lipinski definition) is 2. The summed E-state index contributed by atoms with van der Waals surface area (Å²) in [6.07, 6.45) is -5.37. The molecule has 1 aliphatic heterocycles. The van der Waals surface area contributed by atoms with Crippen molar-refractivity contribution < 1.29 is 32.5 Å². The van der Waals surface area contributed by atoms with Crippen LogP contribution in [0.25, 0.3) is 0 Å². The highest BCUT2D eigenvalue weighted by Gasteiger charge is 2.55. The van der Waals surface area contributed by atoms with Crippen molar-refractivity contribution in [2.45, 2.75) is 38.1 Å². The van der Waals surface area contributed by atoms with E-state index in [1.807, 2.05) is 29.2 Å². The average molecular weight is 430 g/mol. The summed E-state index contributed by atoms with van der Waals surface area (Å²) in [4.78, 5) is 13.1. The molecule has 2 unspecified atom stereocenters. The maximum Gasteiger partial charge on any atom is 0.390 e. The second-order valence-corrected chi connectivity index (χ2v) is 7.91. The van der Waals surface area contributed by atoms with E-state index >= 15 is 0 Å². The van der Waals surface area contributed by atoms with Gasteiger partial charge in [-0.3, -0.25) is 0 Å². The van der Waals surface area contributed by atoms with Gasteiger partial charge in [0.1, 0.15) is 12.4 Å². The van der Waals surface area contributed by atoms with Crippen molar-refractivity contribution in [3.8, 4) is 5.75 Å². The third kappa shape index (κ3) is 6.58. The van der Waals surface area contributed by atoms with Crippen LogP contribution in [0.15, 0.2) is 24.3 Å². The minimum absolute atomic E-state index is 0.0973. The van der Waals surface area contributed by atoms with Crippen molar-refractivity contribution in [1.29, 1.82) is 0 Å². The normalized spacial score (nSPS) is 24.5. The molecule has 6 nitrogen and oxygen atoms in total. The van der Waals surface area contributed by atoms with Gasteiger partial charge < -0.3 is 24.8 Å². The molecule has 0 radical (unpaired) electrons. The number of rotatable bonds is 12. The lowest BCUT2D eigenvalue weighted by molar-refractivity contribution is -0.150. The van der Waals surface area contributed by atoms with Gasteiger partial charge in [0.05, 0.1) is 6.42 Å². The SMILES string of the molecule is CCO[C@@H](Cc1ccc(OCCNC2C3CN(CCC(F)(F)F)CC32)cc1)C(=O)O. The third-order valence-electron chi connectivity index (χ3n) is 5.72. The number of halogens is 3. The summed E-state index contributed by atoms with van der Waals surface area (Å²) < 4.78 is 47.8. The molecule has 1 saturated carbocycles. The van der Waals surface area contributed by atoms with Gasteiger partial charge in [-0.25, -0.2) is 4.79 Å². The quantitative estimate of drug-likeness (QED) is 0.497. The topological polar surface area (TPSA) is 71.0 Å². The molecule has 1 aromatic rings. The van der Waals surface area contributed by atoms with Crippen molar-refractivity contribution >= 4 is 5.97 Å². The Hall–Kier alpha value is -1.84. The summed E-state index contributed by atoms with van der Waals surface area (Å²) in [5.41, 5.74) is 0.863. The van der Waals surface area contributed by atoms with Gasteiger partial charge in [-0.1, -0.05) is 12.1 Å². The molecular weight excluding hydrogens is 401 g/mol. The zero-order valence-corrected chi connectivity index (χ0v) is 17.0. The van der Waals surface area contributed by atoms with E-state index in [0.29, 0.717) is 49.8 Å². The van der Waals surface area contributed by atoms with Gasteiger partial charge in [-0.15, -0.1) is 0 Å². The van der Waals surface area contributed by atoms with Crippen molar-refractivity contribution in [2.75, 3.05) is 39.4 Å². The zero-order valence-electron chi connectivity index (χ0n) is 17.0. The molecule has 2 N–H and O–H groups in total. The minimum atomic E-state index is -4.08. The predicted octanol–water partition coefficient (Wildman–Crippen LogP) is 2.57. The molecule has 2 fully saturated rings. The number of nitrogens with zero attached hydrogens (tertiary/aromatic N) is 1. The maximum atomic E-state index is 12.3. The molecule has 0 aromatic heterocycles. The summed E-state index contributed by atoms with van der Waals surface area (Å²) in [5.74, 6) is 0.629. The monoisotopic (exact) mass is 430 g/mol. The summed E-state index contributed by atoms with van der Waals surface area (Å²) in [7, 11) is 0. The lowest BCUT2D eigenvalue weighted by Gasteiger charge is -2.20. The molecule has 3 rings (SSSR count). The van der Waals surface area contributed by atoms with Crippen molar-refractivity contribution in [3.63, 3.8) is 0 Å². The van der Waals surface area contributed by atoms with E-state index in [1.165, 1.54) is 0 Å². The van der Waals surface area contributed by atoms with Crippen LogP contribution in [0.3, 0.4) is 0 Å². The molecule has 1 heterocycles. The second-order valence-electron chi connectivity index (χ2n) is 7.91. The Morgan fingerprint density at radius 2 is 1.93 bits per heavy atom. The molecule has 1 aromatic carbocycles. The Balaban J connectivity index is 1.30. The largest absolute Gasteiger partial charge is 0.492 e. The van der Waals surface area contributed by atoms with Gasteiger partial charge >= 0.3 is 12.1 Å². The van der Waals surface area contributed by atoms with Gasteiger partial charge in [0, 0.05) is 45.2 Å². The molecule has 2 aliphatic rings. The van der Waals surface area contributed by atoms with E-state index < -0.39 is 24.7 Å². The van der Waals surface area contributed by atoms with Crippen molar-refractivity contribution in [3.05, 3.63) is 29.8 Å². The van der Waals surface area contributed by atoms with E-state index in [4.69, 9.17) is 14.6 Å². The Bertz CT molecular complexity index is 686. The zero-order chi connectivity index (χ0) is 21.7. The van der Waals surface area contributed by atoms with Crippen molar-refractivity contribution in [2.24, 2.45) is 11.8 Å². The number of carboxylic acids is 1. The summed E-state index contributed by atoms with van der Waals surface area (Å²) in [6.45, 7) is 4.84. The fourth-order valence-electron chi connectivity index (χ4n) is 4.13. The van der Waals surface area contributed by atoms with Crippen LogP contribution >= 0.6 is 0 Å². The molecule has 30 heavy (non-hydrogen) atoms. The molecular formula is C21H29F3N2O4. The van der Waals surface area contributed by atoms with E-state index in [2.05, 4.69) is 5.32 Å². The molecule has 168 valence electrons. The fraction of sp³-hybridized carbons (Fsp3) is 0.667. The number of benzene rings is 1. The molecule has 1 saturated heterocycles. The number of carbonyl (C=O) groups is 1. The number of alkyl halides is 3. The highest BCUT2D eigenvalue weighted by Crippen LogP contribution is 2.45. The van der Waals surface area contributed by atoms with Crippen LogP contribution in [0.4, 0.5) is 13.2 Å². The predicted molar refractivity (Wildman–Crippen MR) is 105 cm³/mol. The third-order valence-corrected chi connectivity index (χ3v) is 5.72. The van der Waals surface area contributed by atoms with Crippen LogP contribution in [-0.2, 0) is 16.0 Å². The fourth-order valence-corrected chi connectivity index (χ4v) is 4.13. The van der Waals surface area contributed by atoms with Crippen LogP contribution in [-0.4, -0.2) is 73.7 Å². The van der Waals surface area contributed by atoms with E-state index in [-0.39, 0.29) is 6.54 Å². The first-order valence-electron chi connectivity index (χ1n) is 10.4. The van der Waals surface area contributed by atoms with Crippen LogP contribution < -0.4 is 10.1 Å². The van der Waals surface area contributed by atoms with Gasteiger partial charge in [-0.05, 0) is 36.5 Å². The number of aliphatic carboxylic acids is 1. The van der Waals surface area contributed by atoms with Crippen LogP contribution in [0.2, 0.25) is 0 Å². The Kier molecular flexibility index (Phi) is 7.60. The average Bonchev–Trinajstić information content (AvgIpc) is 3.13. The Morgan fingerprint density at radius 1 is 1.27 bits per heavy atom. The summed E-state index contributed by atoms with van der Waals surface area (Å²) >= 11 is 0. The summed E-state index contributed by atoms with van der Waals surface area (Å²) in [5, 5.41) is 12.6. The Labute approximate surface area is 174 Å². The standard InChI is InChI=1S/C21H29F3N2O4/c1-2-29-18(20(27)28)11-14-3-5-15(6-4-14)30-10-8-25-19-16-12-26(13-17(16)19)9-7-21(22,23)24/h3-6,16-19,25H,2,7-13H2,1H3,(H,27,28)/t16?,17?,18-,19?/m0/s1. The number of ether oxygens (including phenoxy) is 2. The van der Waals surface area contributed by atoms with E-state index in [9.17, 15) is 18.0 Å². The highest BCUT2D eigenvalue weighted by atomic mass is 19.4. The number of nitrogens with one attached hydrogen (secondary N) is 1. The van der Waals surface area contributed by atoms with E-state index in [0.717, 1.165) is 18.7 Å². The lowest BCUT2D eigenvalue weighted by atomic mass is 10.1. The van der Waals surface area contributed by atoms with Gasteiger partial charge in [0.2, 0.25) is 0 Å².